The van der Waals surface area contributed by atoms with Crippen LogP contribution in [-0.4, -0.2) is 63.2 Å². The zero-order valence-electron chi connectivity index (χ0n) is 18.6. The molecule has 10 heteroatoms. The summed E-state index contributed by atoms with van der Waals surface area (Å²) in [7, 11) is 0. The summed E-state index contributed by atoms with van der Waals surface area (Å²) in [5.74, 6) is 0.376. The Balaban J connectivity index is 1.28. The fraction of sp³-hybridized carbons (Fsp3) is 0.292. The zero-order chi connectivity index (χ0) is 23.5. The fourth-order valence-electron chi connectivity index (χ4n) is 3.76. The van der Waals surface area contributed by atoms with Gasteiger partial charge in [0, 0.05) is 24.3 Å². The summed E-state index contributed by atoms with van der Waals surface area (Å²) < 4.78 is 17.6. The Morgan fingerprint density at radius 2 is 1.91 bits per heavy atom. The van der Waals surface area contributed by atoms with Gasteiger partial charge in [0.1, 0.15) is 0 Å². The van der Waals surface area contributed by atoms with E-state index >= 15 is 0 Å². The van der Waals surface area contributed by atoms with Crippen molar-refractivity contribution in [2.24, 2.45) is 0 Å². The normalized spacial score (nSPS) is 13.9. The van der Waals surface area contributed by atoms with Crippen LogP contribution < -0.4 is 10.5 Å². The van der Waals surface area contributed by atoms with Gasteiger partial charge in [-0.1, -0.05) is 18.2 Å². The third-order valence-corrected chi connectivity index (χ3v) is 5.53. The van der Waals surface area contributed by atoms with Gasteiger partial charge in [0.05, 0.1) is 32.2 Å². The Kier molecular flexibility index (Phi) is 6.05. The number of hydrogen-bond donors (Lipinski definition) is 0. The summed E-state index contributed by atoms with van der Waals surface area (Å²) >= 11 is 0. The molecule has 1 fully saturated rings. The van der Waals surface area contributed by atoms with Crippen molar-refractivity contribution in [2.45, 2.75) is 13.5 Å². The van der Waals surface area contributed by atoms with Crippen molar-refractivity contribution < 1.29 is 18.7 Å². The third-order valence-electron chi connectivity index (χ3n) is 5.53. The summed E-state index contributed by atoms with van der Waals surface area (Å²) in [6.45, 7) is 4.34. The van der Waals surface area contributed by atoms with Crippen LogP contribution in [0.3, 0.4) is 0 Å². The van der Waals surface area contributed by atoms with Crippen LogP contribution in [0.5, 0.6) is 5.75 Å². The molecule has 0 aliphatic carbocycles. The van der Waals surface area contributed by atoms with E-state index in [0.29, 0.717) is 55.7 Å². The van der Waals surface area contributed by atoms with Gasteiger partial charge in [0.15, 0.2) is 29.4 Å². The van der Waals surface area contributed by atoms with Crippen molar-refractivity contribution in [1.82, 2.24) is 24.4 Å². The molecule has 3 aromatic heterocycles. The Morgan fingerprint density at radius 3 is 2.71 bits per heavy atom. The average molecular weight is 461 g/mol. The number of ether oxygens (including phenoxy) is 2. The number of pyridine rings is 1. The molecule has 0 spiro atoms. The molecule has 1 saturated heterocycles. The van der Waals surface area contributed by atoms with Crippen LogP contribution >= 0.6 is 0 Å². The van der Waals surface area contributed by atoms with E-state index in [4.69, 9.17) is 13.9 Å². The van der Waals surface area contributed by atoms with Crippen molar-refractivity contribution >= 4 is 17.1 Å². The maximum absolute atomic E-state index is 12.3. The van der Waals surface area contributed by atoms with Crippen LogP contribution in [0.1, 0.15) is 11.3 Å². The molecule has 0 bridgehead atoms. The van der Waals surface area contributed by atoms with E-state index in [0.717, 1.165) is 16.8 Å². The molecular weight excluding hydrogens is 438 g/mol. The molecule has 0 unspecified atom stereocenters. The number of carbonyl (C=O) groups is 1. The van der Waals surface area contributed by atoms with Gasteiger partial charge in [-0.15, -0.1) is 0 Å². The highest BCUT2D eigenvalue weighted by Gasteiger charge is 2.17. The van der Waals surface area contributed by atoms with Crippen LogP contribution in [0.4, 0.5) is 0 Å². The molecule has 0 N–H and O–H groups in total. The largest absolute Gasteiger partial charge is 0.481 e. The molecule has 1 aliphatic heterocycles. The molecule has 34 heavy (non-hydrogen) atoms. The number of hydrogen-bond acceptors (Lipinski definition) is 8. The maximum atomic E-state index is 12.3. The molecule has 1 amide bonds. The van der Waals surface area contributed by atoms with Gasteiger partial charge in [-0.3, -0.25) is 9.36 Å². The van der Waals surface area contributed by atoms with Gasteiger partial charge in [-0.25, -0.2) is 19.7 Å². The number of rotatable bonds is 6. The number of aryl methyl sites for hydroxylation is 1. The molecule has 0 saturated carbocycles. The van der Waals surface area contributed by atoms with Crippen LogP contribution in [-0.2, 0) is 16.1 Å². The molecule has 1 aromatic carbocycles. The van der Waals surface area contributed by atoms with E-state index in [-0.39, 0.29) is 12.5 Å². The summed E-state index contributed by atoms with van der Waals surface area (Å²) in [5.41, 5.74) is 3.44. The molecule has 0 atom stereocenters. The van der Waals surface area contributed by atoms with E-state index in [1.165, 1.54) is 4.57 Å². The summed E-state index contributed by atoms with van der Waals surface area (Å²) in [5, 5.41) is 0. The minimum Gasteiger partial charge on any atom is -0.481 e. The molecule has 1 aliphatic rings. The summed E-state index contributed by atoms with van der Waals surface area (Å²) in [6.07, 6.45) is 3.09. The number of fused-ring (bicyclic) bond motifs is 1. The third kappa shape index (κ3) is 4.67. The predicted molar refractivity (Wildman–Crippen MR) is 122 cm³/mol. The van der Waals surface area contributed by atoms with E-state index in [2.05, 4.69) is 15.0 Å². The predicted octanol–water partition coefficient (Wildman–Crippen LogP) is 2.04. The molecule has 4 heterocycles. The first-order valence-electron chi connectivity index (χ1n) is 10.9. The van der Waals surface area contributed by atoms with Crippen molar-refractivity contribution in [3.8, 4) is 17.1 Å². The molecule has 0 radical (unpaired) electrons. The van der Waals surface area contributed by atoms with Crippen molar-refractivity contribution in [3.05, 3.63) is 70.6 Å². The Morgan fingerprint density at radius 1 is 1.12 bits per heavy atom. The average Bonchev–Trinajstić information content (AvgIpc) is 3.17. The fourth-order valence-corrected chi connectivity index (χ4v) is 3.76. The lowest BCUT2D eigenvalue weighted by Gasteiger charge is -2.26. The first-order chi connectivity index (χ1) is 16.6. The van der Waals surface area contributed by atoms with Crippen LogP contribution in [0.2, 0.25) is 0 Å². The lowest BCUT2D eigenvalue weighted by Crippen LogP contribution is -2.42. The van der Waals surface area contributed by atoms with Crippen molar-refractivity contribution in [1.29, 1.82) is 0 Å². The van der Waals surface area contributed by atoms with Crippen LogP contribution in [0.25, 0.3) is 22.6 Å². The highest BCUT2D eigenvalue weighted by Crippen LogP contribution is 2.20. The van der Waals surface area contributed by atoms with E-state index < -0.39 is 5.76 Å². The van der Waals surface area contributed by atoms with Gasteiger partial charge >= 0.3 is 5.76 Å². The first kappa shape index (κ1) is 21.8. The SMILES string of the molecule is Cc1ccc2oc(=O)n(Cc3cccc(-c4ncc(OCC(=O)N5CCOCC5)cn4)c3)c2n1. The van der Waals surface area contributed by atoms with Crippen LogP contribution in [0.15, 0.2) is 58.0 Å². The van der Waals surface area contributed by atoms with Crippen LogP contribution in [0, 0.1) is 6.92 Å². The van der Waals surface area contributed by atoms with Gasteiger partial charge in [0.2, 0.25) is 0 Å². The van der Waals surface area contributed by atoms with Crippen molar-refractivity contribution in [3.63, 3.8) is 0 Å². The number of nitrogens with zero attached hydrogens (tertiary/aromatic N) is 5. The minimum atomic E-state index is -0.456. The Bertz CT molecular complexity index is 1370. The maximum Gasteiger partial charge on any atom is 0.421 e. The molecular formula is C24H23N5O5. The standard InChI is InChI=1S/C24H23N5O5/c1-16-5-6-20-23(27-16)29(24(31)34-20)14-17-3-2-4-18(11-17)22-25-12-19(13-26-22)33-15-21(30)28-7-9-32-10-8-28/h2-6,11-13H,7-10,14-15H2,1H3. The highest BCUT2D eigenvalue weighted by molar-refractivity contribution is 5.77. The lowest BCUT2D eigenvalue weighted by molar-refractivity contribution is -0.137. The number of carbonyl (C=O) groups excluding carboxylic acids is 1. The minimum absolute atomic E-state index is 0.0703. The number of amides is 1. The lowest BCUT2D eigenvalue weighted by atomic mass is 10.1. The number of aromatic nitrogens is 4. The second-order valence-corrected chi connectivity index (χ2v) is 7.95. The molecule has 10 nitrogen and oxygen atoms in total. The first-order valence-corrected chi connectivity index (χ1v) is 10.9. The number of benzene rings is 1. The second kappa shape index (κ2) is 9.44. The summed E-state index contributed by atoms with van der Waals surface area (Å²) in [4.78, 5) is 39.5. The van der Waals surface area contributed by atoms with Gasteiger partial charge in [-0.2, -0.15) is 0 Å². The van der Waals surface area contributed by atoms with Gasteiger partial charge in [0.25, 0.3) is 5.91 Å². The Labute approximate surface area is 194 Å². The quantitative estimate of drug-likeness (QED) is 0.429. The van der Waals surface area contributed by atoms with E-state index in [1.54, 1.807) is 29.4 Å². The molecule has 174 valence electrons. The zero-order valence-corrected chi connectivity index (χ0v) is 18.6. The second-order valence-electron chi connectivity index (χ2n) is 7.95. The highest BCUT2D eigenvalue weighted by atomic mass is 16.5. The van der Waals surface area contributed by atoms with Gasteiger partial charge in [-0.05, 0) is 30.7 Å². The molecule has 5 rings (SSSR count). The Hall–Kier alpha value is -4.05. The number of oxazole rings is 1. The number of morpholine rings is 1. The van der Waals surface area contributed by atoms with Crippen molar-refractivity contribution in [2.75, 3.05) is 32.9 Å². The topological polar surface area (TPSA) is 113 Å². The van der Waals surface area contributed by atoms with E-state index in [9.17, 15) is 9.59 Å². The molecule has 4 aromatic rings. The van der Waals surface area contributed by atoms with Gasteiger partial charge < -0.3 is 18.8 Å². The monoisotopic (exact) mass is 461 g/mol. The smallest absolute Gasteiger partial charge is 0.421 e. The summed E-state index contributed by atoms with van der Waals surface area (Å²) in [6, 6.07) is 11.2. The van der Waals surface area contributed by atoms with E-state index in [1.807, 2.05) is 31.2 Å².